The van der Waals surface area contributed by atoms with Gasteiger partial charge in [0.25, 0.3) is 16.8 Å². The summed E-state index contributed by atoms with van der Waals surface area (Å²) in [7, 11) is 1.33. The lowest BCUT2D eigenvalue weighted by Gasteiger charge is -2.14. The molecular formula is C23H21N3O10S. The topological polar surface area (TPSA) is 168 Å². The van der Waals surface area contributed by atoms with Crippen molar-refractivity contribution in [2.45, 2.75) is 26.4 Å². The van der Waals surface area contributed by atoms with Gasteiger partial charge in [-0.15, -0.1) is 0 Å². The normalized spacial score (nSPS) is 15.0. The summed E-state index contributed by atoms with van der Waals surface area (Å²) in [5.74, 6) is -1.39. The molecule has 0 unspecified atom stereocenters. The Balaban J connectivity index is 1.82. The van der Waals surface area contributed by atoms with Crippen molar-refractivity contribution < 1.29 is 38.4 Å². The van der Waals surface area contributed by atoms with Crippen LogP contribution in [0.3, 0.4) is 0 Å². The van der Waals surface area contributed by atoms with Crippen LogP contribution in [0.2, 0.25) is 0 Å². The quantitative estimate of drug-likeness (QED) is 0.180. The van der Waals surface area contributed by atoms with E-state index in [1.165, 1.54) is 31.4 Å². The molecule has 0 spiro atoms. The van der Waals surface area contributed by atoms with Crippen molar-refractivity contribution in [3.63, 3.8) is 0 Å². The summed E-state index contributed by atoms with van der Waals surface area (Å²) >= 11 is 0.661. The summed E-state index contributed by atoms with van der Waals surface area (Å²) in [6.07, 6.45) is 1.67. The highest BCUT2D eigenvalue weighted by Crippen LogP contribution is 2.39. The maximum atomic E-state index is 12.7. The van der Waals surface area contributed by atoms with E-state index in [-0.39, 0.29) is 28.3 Å². The zero-order valence-electron chi connectivity index (χ0n) is 19.9. The Kier molecular flexibility index (Phi) is 8.45. The van der Waals surface area contributed by atoms with E-state index in [1.54, 1.807) is 6.92 Å². The molecule has 1 aliphatic heterocycles. The van der Waals surface area contributed by atoms with E-state index < -0.39 is 44.9 Å². The van der Waals surface area contributed by atoms with Crippen LogP contribution in [-0.2, 0) is 14.3 Å². The molecule has 1 saturated heterocycles. The number of carbonyl (C=O) groups is 3. The van der Waals surface area contributed by atoms with Crippen molar-refractivity contribution in [3.8, 4) is 17.2 Å². The minimum absolute atomic E-state index is 0.0671. The van der Waals surface area contributed by atoms with Crippen LogP contribution in [0.15, 0.2) is 41.3 Å². The van der Waals surface area contributed by atoms with Crippen LogP contribution >= 0.6 is 11.8 Å². The number of amides is 2. The Hall–Kier alpha value is -4.46. The van der Waals surface area contributed by atoms with E-state index in [1.807, 2.05) is 6.92 Å². The van der Waals surface area contributed by atoms with Gasteiger partial charge in [0.2, 0.25) is 5.75 Å². The number of nitro benzene ring substituents is 2. The van der Waals surface area contributed by atoms with Gasteiger partial charge in [0.1, 0.15) is 6.54 Å². The number of hydrogen-bond donors (Lipinski definition) is 0. The third kappa shape index (κ3) is 6.41. The zero-order chi connectivity index (χ0) is 27.3. The minimum atomic E-state index is -0.808. The monoisotopic (exact) mass is 531 g/mol. The molecule has 3 rings (SSSR count). The lowest BCUT2D eigenvalue weighted by atomic mass is 10.1. The van der Waals surface area contributed by atoms with Gasteiger partial charge in [-0.25, -0.2) is 0 Å². The second kappa shape index (κ2) is 11.5. The predicted molar refractivity (Wildman–Crippen MR) is 131 cm³/mol. The Morgan fingerprint density at radius 2 is 1.78 bits per heavy atom. The number of benzene rings is 2. The number of hydrogen-bond acceptors (Lipinski definition) is 11. The van der Waals surface area contributed by atoms with Gasteiger partial charge >= 0.3 is 11.7 Å². The fourth-order valence-electron chi connectivity index (χ4n) is 3.09. The molecule has 1 heterocycles. The first-order valence-corrected chi connectivity index (χ1v) is 11.6. The van der Waals surface area contributed by atoms with Gasteiger partial charge in [-0.2, -0.15) is 0 Å². The molecule has 0 aromatic heterocycles. The van der Waals surface area contributed by atoms with Crippen molar-refractivity contribution >= 4 is 46.3 Å². The van der Waals surface area contributed by atoms with E-state index in [2.05, 4.69) is 0 Å². The van der Waals surface area contributed by atoms with Crippen molar-refractivity contribution in [2.24, 2.45) is 0 Å². The number of nitro groups is 2. The molecule has 0 radical (unpaired) electrons. The number of rotatable bonds is 10. The van der Waals surface area contributed by atoms with E-state index in [0.29, 0.717) is 23.7 Å². The van der Waals surface area contributed by atoms with E-state index in [9.17, 15) is 34.6 Å². The highest BCUT2D eigenvalue weighted by Gasteiger charge is 2.37. The molecule has 0 bridgehead atoms. The number of esters is 1. The molecule has 1 atom stereocenters. The summed E-state index contributed by atoms with van der Waals surface area (Å²) in [6.45, 7) is 3.03. The Bertz CT molecular complexity index is 1310. The first kappa shape index (κ1) is 27.1. The Labute approximate surface area is 214 Å². The average Bonchev–Trinajstić information content (AvgIpc) is 3.11. The van der Waals surface area contributed by atoms with Crippen molar-refractivity contribution in [1.29, 1.82) is 0 Å². The largest absolute Gasteiger partial charge is 0.493 e. The lowest BCUT2D eigenvalue weighted by Crippen LogP contribution is -2.35. The molecule has 37 heavy (non-hydrogen) atoms. The van der Waals surface area contributed by atoms with Gasteiger partial charge in [0.05, 0.1) is 34.0 Å². The summed E-state index contributed by atoms with van der Waals surface area (Å²) < 4.78 is 16.0. The maximum absolute atomic E-state index is 12.7. The fraction of sp³-hybridized carbons (Fsp3) is 0.261. The second-order valence-electron chi connectivity index (χ2n) is 7.66. The van der Waals surface area contributed by atoms with Crippen LogP contribution in [0.1, 0.15) is 25.8 Å². The number of non-ortho nitro benzene ring substituents is 1. The van der Waals surface area contributed by atoms with Crippen molar-refractivity contribution in [1.82, 2.24) is 4.90 Å². The molecule has 1 aliphatic rings. The molecule has 2 aromatic rings. The number of imide groups is 1. The smallest absolute Gasteiger partial charge is 0.326 e. The first-order valence-electron chi connectivity index (χ1n) is 10.8. The molecule has 1 fully saturated rings. The fourth-order valence-corrected chi connectivity index (χ4v) is 3.93. The van der Waals surface area contributed by atoms with E-state index >= 15 is 0 Å². The van der Waals surface area contributed by atoms with Crippen LogP contribution in [0.5, 0.6) is 17.2 Å². The number of nitrogens with zero attached hydrogens (tertiary/aromatic N) is 3. The van der Waals surface area contributed by atoms with Crippen LogP contribution in [-0.4, -0.2) is 51.6 Å². The highest BCUT2D eigenvalue weighted by atomic mass is 32.2. The number of methoxy groups -OCH3 is 1. The molecule has 0 saturated carbocycles. The Morgan fingerprint density at radius 1 is 1.08 bits per heavy atom. The summed E-state index contributed by atoms with van der Waals surface area (Å²) in [5, 5.41) is 21.7. The van der Waals surface area contributed by atoms with Crippen molar-refractivity contribution in [3.05, 3.63) is 67.1 Å². The van der Waals surface area contributed by atoms with Gasteiger partial charge in [-0.1, -0.05) is 13.0 Å². The average molecular weight is 531 g/mol. The van der Waals surface area contributed by atoms with Crippen molar-refractivity contribution in [2.75, 3.05) is 13.7 Å². The highest BCUT2D eigenvalue weighted by molar-refractivity contribution is 8.18. The third-order valence-electron chi connectivity index (χ3n) is 5.12. The number of thioether (sulfide) groups is 1. The van der Waals surface area contributed by atoms with Crippen LogP contribution in [0.4, 0.5) is 16.2 Å². The minimum Gasteiger partial charge on any atom is -0.493 e. The SMILES string of the molecule is CC[C@@H](C)OC(=O)CN1C(=O)S/C(=C/c2ccc(Oc3ccc([N+](=O)[O-])cc3[N+](=O)[O-])c(OC)c2)C1=O. The van der Waals surface area contributed by atoms with Gasteiger partial charge in [0, 0.05) is 6.07 Å². The number of carbonyl (C=O) groups excluding carboxylic acids is 3. The maximum Gasteiger partial charge on any atom is 0.326 e. The summed E-state index contributed by atoms with van der Waals surface area (Å²) in [4.78, 5) is 58.6. The molecule has 13 nitrogen and oxygen atoms in total. The molecular weight excluding hydrogens is 510 g/mol. The Morgan fingerprint density at radius 3 is 2.41 bits per heavy atom. The van der Waals surface area contributed by atoms with Gasteiger partial charge in [-0.05, 0) is 54.9 Å². The predicted octanol–water partition coefficient (Wildman–Crippen LogP) is 4.68. The van der Waals surface area contributed by atoms with Crippen LogP contribution in [0, 0.1) is 20.2 Å². The third-order valence-corrected chi connectivity index (χ3v) is 6.03. The molecule has 0 aliphatic carbocycles. The molecule has 194 valence electrons. The lowest BCUT2D eigenvalue weighted by molar-refractivity contribution is -0.394. The summed E-state index contributed by atoms with van der Waals surface area (Å²) in [5.41, 5.74) is -0.639. The molecule has 2 amide bonds. The van der Waals surface area contributed by atoms with E-state index in [4.69, 9.17) is 14.2 Å². The zero-order valence-corrected chi connectivity index (χ0v) is 20.7. The van der Waals surface area contributed by atoms with Crippen LogP contribution < -0.4 is 9.47 Å². The molecule has 14 heteroatoms. The number of ether oxygens (including phenoxy) is 3. The van der Waals surface area contributed by atoms with Gasteiger partial charge < -0.3 is 14.2 Å². The van der Waals surface area contributed by atoms with Gasteiger partial charge in [0.15, 0.2) is 11.5 Å². The first-order chi connectivity index (χ1) is 17.5. The molecule has 0 N–H and O–H groups in total. The summed E-state index contributed by atoms with van der Waals surface area (Å²) in [6, 6.07) is 7.36. The van der Waals surface area contributed by atoms with Gasteiger partial charge in [-0.3, -0.25) is 39.5 Å². The van der Waals surface area contributed by atoms with E-state index in [0.717, 1.165) is 23.1 Å². The second-order valence-corrected chi connectivity index (χ2v) is 8.65. The standard InChI is InChI=1S/C23H21N3O10S/c1-4-13(2)35-21(27)12-24-22(28)20(37-23(24)29)10-14-5-7-18(19(9-14)34-3)36-17-8-6-15(25(30)31)11-16(17)26(32)33/h5-11,13H,4,12H2,1-3H3/b20-10+/t13-/m1/s1. The molecule has 2 aromatic carbocycles. The van der Waals surface area contributed by atoms with Crippen LogP contribution in [0.25, 0.3) is 6.08 Å².